The summed E-state index contributed by atoms with van der Waals surface area (Å²) in [5, 5.41) is 0. The quantitative estimate of drug-likeness (QED) is 0.938. The first-order valence-electron chi connectivity index (χ1n) is 7.07. The number of benzene rings is 2. The Bertz CT molecular complexity index is 881. The van der Waals surface area contributed by atoms with Crippen molar-refractivity contribution < 1.29 is 17.6 Å². The van der Waals surface area contributed by atoms with Crippen LogP contribution >= 0.6 is 0 Å². The predicted octanol–water partition coefficient (Wildman–Crippen LogP) is 2.54. The van der Waals surface area contributed by atoms with Gasteiger partial charge in [-0.05, 0) is 42.3 Å². The summed E-state index contributed by atoms with van der Waals surface area (Å²) >= 11 is 0. The van der Waals surface area contributed by atoms with E-state index in [-0.39, 0.29) is 16.5 Å². The van der Waals surface area contributed by atoms with E-state index in [4.69, 9.17) is 0 Å². The molecule has 0 saturated carbocycles. The summed E-state index contributed by atoms with van der Waals surface area (Å²) in [5.74, 6) is -0.719. The molecule has 0 aromatic heterocycles. The highest BCUT2D eigenvalue weighted by molar-refractivity contribution is 7.92. The number of halogens is 1. The monoisotopic (exact) mass is 334 g/mol. The molecule has 0 bridgehead atoms. The minimum Gasteiger partial charge on any atom is -0.312 e. The number of amides is 1. The Balaban J connectivity index is 1.93. The Morgan fingerprint density at radius 2 is 1.96 bits per heavy atom. The first-order valence-corrected chi connectivity index (χ1v) is 8.55. The van der Waals surface area contributed by atoms with Gasteiger partial charge in [0, 0.05) is 19.2 Å². The van der Waals surface area contributed by atoms with Gasteiger partial charge in [0.2, 0.25) is 5.91 Å². The number of nitrogens with zero attached hydrogens (tertiary/aromatic N) is 1. The summed E-state index contributed by atoms with van der Waals surface area (Å²) in [6.45, 7) is 2.01. The van der Waals surface area contributed by atoms with Crippen molar-refractivity contribution in [2.75, 3.05) is 16.2 Å². The zero-order valence-electron chi connectivity index (χ0n) is 12.4. The molecule has 1 aliphatic rings. The number of fused-ring (bicyclic) bond motifs is 1. The highest BCUT2D eigenvalue weighted by Gasteiger charge is 2.25. The van der Waals surface area contributed by atoms with Crippen molar-refractivity contribution in [3.63, 3.8) is 0 Å². The third kappa shape index (κ3) is 2.92. The van der Waals surface area contributed by atoms with Crippen LogP contribution in [0.5, 0.6) is 0 Å². The maximum Gasteiger partial charge on any atom is 0.261 e. The second-order valence-corrected chi connectivity index (χ2v) is 6.98. The number of sulfonamides is 1. The Morgan fingerprint density at radius 3 is 2.65 bits per heavy atom. The predicted molar refractivity (Wildman–Crippen MR) is 85.4 cm³/mol. The summed E-state index contributed by atoms with van der Waals surface area (Å²) in [4.78, 5) is 13.2. The number of nitrogens with one attached hydrogen (secondary N) is 1. The van der Waals surface area contributed by atoms with Gasteiger partial charge in [-0.1, -0.05) is 12.1 Å². The van der Waals surface area contributed by atoms with E-state index in [9.17, 15) is 17.6 Å². The minimum atomic E-state index is -3.89. The van der Waals surface area contributed by atoms with Crippen molar-refractivity contribution in [1.82, 2.24) is 0 Å². The summed E-state index contributed by atoms with van der Waals surface area (Å²) in [7, 11) is -3.89. The molecule has 1 heterocycles. The molecule has 0 radical (unpaired) electrons. The average Bonchev–Trinajstić information content (AvgIpc) is 2.92. The number of carbonyl (C=O) groups excluding carboxylic acids is 1. The van der Waals surface area contributed by atoms with Gasteiger partial charge in [0.05, 0.1) is 10.6 Å². The van der Waals surface area contributed by atoms with E-state index in [1.807, 2.05) is 0 Å². The van der Waals surface area contributed by atoms with E-state index < -0.39 is 15.8 Å². The second-order valence-electron chi connectivity index (χ2n) is 5.30. The molecular weight excluding hydrogens is 319 g/mol. The number of anilines is 2. The van der Waals surface area contributed by atoms with Crippen molar-refractivity contribution in [3.05, 3.63) is 53.8 Å². The van der Waals surface area contributed by atoms with Gasteiger partial charge in [0.1, 0.15) is 5.82 Å². The molecule has 120 valence electrons. The Morgan fingerprint density at radius 1 is 1.22 bits per heavy atom. The van der Waals surface area contributed by atoms with Crippen molar-refractivity contribution in [2.45, 2.75) is 18.2 Å². The molecule has 0 unspecified atom stereocenters. The molecule has 1 aliphatic heterocycles. The molecular formula is C16H15FN2O3S. The minimum absolute atomic E-state index is 0.0462. The molecule has 2 aromatic carbocycles. The van der Waals surface area contributed by atoms with E-state index in [1.54, 1.807) is 17.0 Å². The summed E-state index contributed by atoms with van der Waals surface area (Å²) in [6.07, 6.45) is 0.595. The molecule has 3 rings (SSSR count). The number of hydrogen-bond acceptors (Lipinski definition) is 3. The molecule has 0 saturated heterocycles. The summed E-state index contributed by atoms with van der Waals surface area (Å²) in [5.41, 5.74) is 1.41. The largest absolute Gasteiger partial charge is 0.312 e. The van der Waals surface area contributed by atoms with Gasteiger partial charge in [0.25, 0.3) is 10.0 Å². The van der Waals surface area contributed by atoms with Crippen LogP contribution in [0.15, 0.2) is 47.4 Å². The fraction of sp³-hybridized carbons (Fsp3) is 0.188. The van der Waals surface area contributed by atoms with Gasteiger partial charge >= 0.3 is 0 Å². The van der Waals surface area contributed by atoms with Crippen LogP contribution in [0.3, 0.4) is 0 Å². The summed E-state index contributed by atoms with van der Waals surface area (Å²) in [6, 6.07) is 10.1. The van der Waals surface area contributed by atoms with E-state index in [2.05, 4.69) is 4.72 Å². The van der Waals surface area contributed by atoms with E-state index >= 15 is 0 Å². The number of hydrogen-bond donors (Lipinski definition) is 1. The lowest BCUT2D eigenvalue weighted by Crippen LogP contribution is -2.25. The fourth-order valence-electron chi connectivity index (χ4n) is 2.62. The lowest BCUT2D eigenvalue weighted by atomic mass is 10.2. The van der Waals surface area contributed by atoms with Gasteiger partial charge < -0.3 is 4.90 Å². The number of rotatable bonds is 3. The third-order valence-corrected chi connectivity index (χ3v) is 5.12. The van der Waals surface area contributed by atoms with Crippen LogP contribution in [0.1, 0.15) is 12.5 Å². The first-order chi connectivity index (χ1) is 10.9. The molecule has 23 heavy (non-hydrogen) atoms. The second kappa shape index (κ2) is 5.66. The standard InChI is InChI=1S/C16H15FN2O3S/c1-11(20)19-9-8-12-10-13(6-7-16(12)19)23(21,22)18-15-5-3-2-4-14(15)17/h2-7,10,18H,8-9H2,1H3. The van der Waals surface area contributed by atoms with Crippen LogP contribution in [0.25, 0.3) is 0 Å². The van der Waals surface area contributed by atoms with Crippen molar-refractivity contribution >= 4 is 27.3 Å². The molecule has 0 atom stereocenters. The van der Waals surface area contributed by atoms with Crippen LogP contribution in [-0.2, 0) is 21.2 Å². The Kier molecular flexibility index (Phi) is 3.81. The highest BCUT2D eigenvalue weighted by atomic mass is 32.2. The molecule has 1 amide bonds. The zero-order chi connectivity index (χ0) is 16.6. The zero-order valence-corrected chi connectivity index (χ0v) is 13.2. The molecule has 5 nitrogen and oxygen atoms in total. The van der Waals surface area contributed by atoms with Gasteiger partial charge in [-0.3, -0.25) is 9.52 Å². The van der Waals surface area contributed by atoms with Crippen LogP contribution in [0, 0.1) is 5.82 Å². The van der Waals surface area contributed by atoms with Gasteiger partial charge in [-0.25, -0.2) is 12.8 Å². The highest BCUT2D eigenvalue weighted by Crippen LogP contribution is 2.31. The maximum atomic E-state index is 13.6. The third-order valence-electron chi connectivity index (χ3n) is 3.76. The van der Waals surface area contributed by atoms with E-state index in [0.29, 0.717) is 13.0 Å². The molecule has 0 fully saturated rings. The number of para-hydroxylation sites is 1. The lowest BCUT2D eigenvalue weighted by molar-refractivity contribution is -0.116. The van der Waals surface area contributed by atoms with Gasteiger partial charge in [-0.2, -0.15) is 0 Å². The summed E-state index contributed by atoms with van der Waals surface area (Å²) < 4.78 is 40.7. The van der Waals surface area contributed by atoms with Gasteiger partial charge in [0.15, 0.2) is 0 Å². The van der Waals surface area contributed by atoms with Crippen LogP contribution in [0.4, 0.5) is 15.8 Å². The molecule has 0 spiro atoms. The lowest BCUT2D eigenvalue weighted by Gasteiger charge is -2.15. The van der Waals surface area contributed by atoms with Gasteiger partial charge in [-0.15, -0.1) is 0 Å². The van der Waals surface area contributed by atoms with E-state index in [1.165, 1.54) is 37.3 Å². The maximum absolute atomic E-state index is 13.6. The Labute approximate surface area is 133 Å². The molecule has 0 aliphatic carbocycles. The number of carbonyl (C=O) groups is 1. The van der Waals surface area contributed by atoms with Crippen LogP contribution < -0.4 is 9.62 Å². The molecule has 2 aromatic rings. The Hall–Kier alpha value is -2.41. The SMILES string of the molecule is CC(=O)N1CCc2cc(S(=O)(=O)Nc3ccccc3F)ccc21. The average molecular weight is 334 g/mol. The van der Waals surface area contributed by atoms with Crippen molar-refractivity contribution in [2.24, 2.45) is 0 Å². The fourth-order valence-corrected chi connectivity index (χ4v) is 3.74. The molecule has 1 N–H and O–H groups in total. The topological polar surface area (TPSA) is 66.5 Å². The first kappa shape index (κ1) is 15.5. The van der Waals surface area contributed by atoms with E-state index in [0.717, 1.165) is 11.3 Å². The van der Waals surface area contributed by atoms with Crippen LogP contribution in [-0.4, -0.2) is 20.9 Å². The van der Waals surface area contributed by atoms with Crippen molar-refractivity contribution in [3.8, 4) is 0 Å². The van der Waals surface area contributed by atoms with Crippen molar-refractivity contribution in [1.29, 1.82) is 0 Å². The molecule has 7 heteroatoms. The smallest absolute Gasteiger partial charge is 0.261 e. The van der Waals surface area contributed by atoms with Crippen LogP contribution in [0.2, 0.25) is 0 Å². The normalized spacial score (nSPS) is 13.7.